The molecule has 0 aliphatic carbocycles. The van der Waals surface area contributed by atoms with Crippen LogP contribution in [0, 0.1) is 0 Å². The Morgan fingerprint density at radius 1 is 1.28 bits per heavy atom. The number of unbranched alkanes of at least 4 members (excludes halogenated alkanes) is 2. The number of para-hydroxylation sites is 2. The third kappa shape index (κ3) is 2.78. The summed E-state index contributed by atoms with van der Waals surface area (Å²) in [6, 6.07) is 7.99. The number of hydrogen-bond acceptors (Lipinski definition) is 2. The van der Waals surface area contributed by atoms with E-state index in [-0.39, 0.29) is 0 Å². The first-order valence-electron chi connectivity index (χ1n) is 6.64. The molecule has 0 amide bonds. The van der Waals surface area contributed by atoms with Gasteiger partial charge >= 0.3 is 0 Å². The number of benzene rings is 1. The Morgan fingerprint density at radius 2 is 2.06 bits per heavy atom. The summed E-state index contributed by atoms with van der Waals surface area (Å²) in [5.74, 6) is 1.17. The van der Waals surface area contributed by atoms with E-state index in [0.29, 0.717) is 18.6 Å². The van der Waals surface area contributed by atoms with E-state index in [9.17, 15) is 4.79 Å². The zero-order valence-electron chi connectivity index (χ0n) is 11.1. The van der Waals surface area contributed by atoms with E-state index in [4.69, 9.17) is 0 Å². The number of Topliss-reactive ketones (excluding diaryl/α,β-unsaturated/α-hetero) is 1. The highest BCUT2D eigenvalue weighted by Crippen LogP contribution is 2.15. The summed E-state index contributed by atoms with van der Waals surface area (Å²) >= 11 is 0. The predicted molar refractivity (Wildman–Crippen MR) is 73.6 cm³/mol. The summed E-state index contributed by atoms with van der Waals surface area (Å²) in [6.07, 6.45) is 4.42. The van der Waals surface area contributed by atoms with Crippen LogP contribution in [0.4, 0.5) is 0 Å². The van der Waals surface area contributed by atoms with E-state index < -0.39 is 0 Å². The summed E-state index contributed by atoms with van der Waals surface area (Å²) in [5.41, 5.74) is 2.06. The summed E-state index contributed by atoms with van der Waals surface area (Å²) in [6.45, 7) is 2.15. The zero-order chi connectivity index (χ0) is 13.0. The summed E-state index contributed by atoms with van der Waals surface area (Å²) in [4.78, 5) is 16.4. The molecule has 18 heavy (non-hydrogen) atoms. The molecule has 2 rings (SSSR count). The number of fused-ring (bicyclic) bond motifs is 1. The van der Waals surface area contributed by atoms with Gasteiger partial charge in [0.2, 0.25) is 0 Å². The van der Waals surface area contributed by atoms with Crippen LogP contribution in [0.25, 0.3) is 11.0 Å². The number of aromatic nitrogens is 2. The van der Waals surface area contributed by atoms with Crippen molar-refractivity contribution in [2.75, 3.05) is 0 Å². The molecule has 0 aliphatic heterocycles. The number of hydrogen-bond donors (Lipinski definition) is 0. The molecule has 0 fully saturated rings. The maximum Gasteiger partial charge on any atom is 0.140 e. The Hall–Kier alpha value is -1.64. The monoisotopic (exact) mass is 244 g/mol. The van der Waals surface area contributed by atoms with Gasteiger partial charge in [-0.2, -0.15) is 0 Å². The van der Waals surface area contributed by atoms with Crippen molar-refractivity contribution in [2.45, 2.75) is 39.0 Å². The van der Waals surface area contributed by atoms with Crippen LogP contribution < -0.4 is 0 Å². The Morgan fingerprint density at radius 3 is 2.78 bits per heavy atom. The van der Waals surface area contributed by atoms with Gasteiger partial charge in [-0.05, 0) is 18.6 Å². The molecule has 0 radical (unpaired) electrons. The van der Waals surface area contributed by atoms with Gasteiger partial charge in [-0.1, -0.05) is 31.9 Å². The highest BCUT2D eigenvalue weighted by molar-refractivity contribution is 5.82. The molecule has 0 atom stereocenters. The zero-order valence-corrected chi connectivity index (χ0v) is 11.1. The average molecular weight is 244 g/mol. The average Bonchev–Trinajstić information content (AvgIpc) is 2.67. The molecule has 3 nitrogen and oxygen atoms in total. The highest BCUT2D eigenvalue weighted by Gasteiger charge is 2.11. The second-order valence-electron chi connectivity index (χ2n) is 4.75. The minimum atomic E-state index is 0.293. The molecule has 1 aromatic heterocycles. The van der Waals surface area contributed by atoms with Crippen LogP contribution in [0.15, 0.2) is 24.3 Å². The number of imidazole rings is 1. The minimum Gasteiger partial charge on any atom is -0.331 e. The van der Waals surface area contributed by atoms with Gasteiger partial charge in [-0.3, -0.25) is 4.79 Å². The lowest BCUT2D eigenvalue weighted by Gasteiger charge is -2.02. The maximum absolute atomic E-state index is 11.9. The number of carbonyl (C=O) groups excluding carboxylic acids is 1. The molecule has 0 bridgehead atoms. The Kier molecular flexibility index (Phi) is 4.13. The van der Waals surface area contributed by atoms with Gasteiger partial charge in [-0.25, -0.2) is 4.98 Å². The molecule has 0 aliphatic rings. The molecule has 0 spiro atoms. The van der Waals surface area contributed by atoms with Gasteiger partial charge in [0.1, 0.15) is 11.6 Å². The molecular formula is C15H20N2O. The fourth-order valence-corrected chi connectivity index (χ4v) is 2.19. The summed E-state index contributed by atoms with van der Waals surface area (Å²) in [5, 5.41) is 0. The van der Waals surface area contributed by atoms with Crippen molar-refractivity contribution in [1.82, 2.24) is 9.55 Å². The summed E-state index contributed by atoms with van der Waals surface area (Å²) in [7, 11) is 1.98. The number of ketones is 1. The van der Waals surface area contributed by atoms with Crippen molar-refractivity contribution in [3.05, 3.63) is 30.1 Å². The third-order valence-corrected chi connectivity index (χ3v) is 3.29. The van der Waals surface area contributed by atoms with E-state index in [0.717, 1.165) is 36.1 Å². The largest absolute Gasteiger partial charge is 0.331 e. The van der Waals surface area contributed by atoms with Crippen molar-refractivity contribution in [1.29, 1.82) is 0 Å². The van der Waals surface area contributed by atoms with Crippen LogP contribution in [-0.2, 0) is 18.3 Å². The maximum atomic E-state index is 11.9. The number of carbonyl (C=O) groups is 1. The van der Waals surface area contributed by atoms with E-state index in [1.54, 1.807) is 0 Å². The Bertz CT molecular complexity index is 542. The van der Waals surface area contributed by atoms with E-state index >= 15 is 0 Å². The summed E-state index contributed by atoms with van der Waals surface area (Å²) < 4.78 is 2.02. The molecule has 96 valence electrons. The second-order valence-corrected chi connectivity index (χ2v) is 4.75. The quantitative estimate of drug-likeness (QED) is 0.731. The van der Waals surface area contributed by atoms with Crippen LogP contribution in [-0.4, -0.2) is 15.3 Å². The molecule has 0 saturated heterocycles. The van der Waals surface area contributed by atoms with Crippen molar-refractivity contribution >= 4 is 16.8 Å². The van der Waals surface area contributed by atoms with Gasteiger partial charge in [0.25, 0.3) is 0 Å². The number of rotatable bonds is 6. The van der Waals surface area contributed by atoms with Gasteiger partial charge in [0.15, 0.2) is 0 Å². The van der Waals surface area contributed by atoms with Crippen LogP contribution in [0.3, 0.4) is 0 Å². The lowest BCUT2D eigenvalue weighted by molar-refractivity contribution is -0.118. The van der Waals surface area contributed by atoms with Crippen LogP contribution in [0.1, 0.15) is 38.4 Å². The van der Waals surface area contributed by atoms with Gasteiger partial charge in [0.05, 0.1) is 17.5 Å². The molecule has 0 unspecified atom stereocenters. The van der Waals surface area contributed by atoms with Crippen molar-refractivity contribution in [3.63, 3.8) is 0 Å². The molecule has 3 heteroatoms. The standard InChI is InChI=1S/C15H20N2O/c1-3-4-5-8-12(18)11-15-16-13-9-6-7-10-14(13)17(15)2/h6-7,9-10H,3-5,8,11H2,1-2H3. The van der Waals surface area contributed by atoms with Crippen LogP contribution >= 0.6 is 0 Å². The smallest absolute Gasteiger partial charge is 0.140 e. The van der Waals surface area contributed by atoms with Crippen molar-refractivity contribution in [2.24, 2.45) is 7.05 Å². The van der Waals surface area contributed by atoms with E-state index in [2.05, 4.69) is 11.9 Å². The molecular weight excluding hydrogens is 224 g/mol. The lowest BCUT2D eigenvalue weighted by atomic mass is 10.1. The minimum absolute atomic E-state index is 0.293. The molecule has 1 heterocycles. The number of nitrogens with zero attached hydrogens (tertiary/aromatic N) is 2. The molecule has 0 saturated carbocycles. The molecule has 1 aromatic carbocycles. The first-order chi connectivity index (χ1) is 8.72. The van der Waals surface area contributed by atoms with Crippen molar-refractivity contribution < 1.29 is 4.79 Å². The highest BCUT2D eigenvalue weighted by atomic mass is 16.1. The van der Waals surface area contributed by atoms with Gasteiger partial charge < -0.3 is 4.57 Å². The fraction of sp³-hybridized carbons (Fsp3) is 0.467. The van der Waals surface area contributed by atoms with Crippen LogP contribution in [0.5, 0.6) is 0 Å². The van der Waals surface area contributed by atoms with E-state index in [1.807, 2.05) is 35.9 Å². The van der Waals surface area contributed by atoms with Gasteiger partial charge in [0, 0.05) is 13.5 Å². The third-order valence-electron chi connectivity index (χ3n) is 3.29. The predicted octanol–water partition coefficient (Wildman–Crippen LogP) is 3.27. The van der Waals surface area contributed by atoms with E-state index in [1.165, 1.54) is 0 Å². The molecule has 2 aromatic rings. The first kappa shape index (κ1) is 12.8. The Balaban J connectivity index is 2.07. The number of aryl methyl sites for hydroxylation is 1. The first-order valence-corrected chi connectivity index (χ1v) is 6.64. The van der Waals surface area contributed by atoms with Gasteiger partial charge in [-0.15, -0.1) is 0 Å². The lowest BCUT2D eigenvalue weighted by Crippen LogP contribution is -2.07. The second kappa shape index (κ2) is 5.80. The SMILES string of the molecule is CCCCCC(=O)Cc1nc2ccccc2n1C. The fourth-order valence-electron chi connectivity index (χ4n) is 2.19. The topological polar surface area (TPSA) is 34.9 Å². The van der Waals surface area contributed by atoms with Crippen molar-refractivity contribution in [3.8, 4) is 0 Å². The molecule has 0 N–H and O–H groups in total. The van der Waals surface area contributed by atoms with Crippen LogP contribution in [0.2, 0.25) is 0 Å². The Labute approximate surface area is 108 Å². The normalized spacial score (nSPS) is 11.0.